The molecule has 0 atom stereocenters. The van der Waals surface area contributed by atoms with E-state index in [0.717, 1.165) is 57.9 Å². The molecule has 0 aromatic heterocycles. The third kappa shape index (κ3) is 9.39. The van der Waals surface area contributed by atoms with Gasteiger partial charge < -0.3 is 19.9 Å². The van der Waals surface area contributed by atoms with Gasteiger partial charge in [0.15, 0.2) is 5.96 Å². The number of rotatable bonds is 9. The van der Waals surface area contributed by atoms with Crippen molar-refractivity contribution in [1.82, 2.24) is 15.1 Å². The van der Waals surface area contributed by atoms with Crippen LogP contribution in [0.1, 0.15) is 53.4 Å². The van der Waals surface area contributed by atoms with Gasteiger partial charge in [0.25, 0.3) is 0 Å². The van der Waals surface area contributed by atoms with Gasteiger partial charge in [0.05, 0.1) is 12.5 Å². The van der Waals surface area contributed by atoms with Gasteiger partial charge in [-0.25, -0.2) is 0 Å². The second kappa shape index (κ2) is 14.5. The number of unbranched alkanes of at least 4 members (excludes halogenated alkanes) is 1. The zero-order valence-electron chi connectivity index (χ0n) is 17.3. The summed E-state index contributed by atoms with van der Waals surface area (Å²) in [6.07, 6.45) is 3.97. The van der Waals surface area contributed by atoms with Gasteiger partial charge in [-0.2, -0.15) is 0 Å². The molecule has 1 aliphatic rings. The molecule has 1 heterocycles. The highest BCUT2D eigenvalue weighted by atomic mass is 127. The number of halogens is 1. The molecule has 1 saturated heterocycles. The maximum absolute atomic E-state index is 11.9. The van der Waals surface area contributed by atoms with Crippen LogP contribution in [0.15, 0.2) is 4.99 Å². The summed E-state index contributed by atoms with van der Waals surface area (Å²) in [7, 11) is 2.17. The number of carbonyl (C=O) groups is 1. The van der Waals surface area contributed by atoms with Crippen molar-refractivity contribution in [3.63, 3.8) is 0 Å². The lowest BCUT2D eigenvalue weighted by Gasteiger charge is -2.33. The molecule has 0 aliphatic carbocycles. The van der Waals surface area contributed by atoms with Crippen LogP contribution in [0.2, 0.25) is 0 Å². The molecule has 6 nitrogen and oxygen atoms in total. The summed E-state index contributed by atoms with van der Waals surface area (Å²) in [4.78, 5) is 21.3. The van der Waals surface area contributed by atoms with E-state index in [4.69, 9.17) is 9.73 Å². The summed E-state index contributed by atoms with van der Waals surface area (Å²) < 4.78 is 5.15. The van der Waals surface area contributed by atoms with Gasteiger partial charge in [0.2, 0.25) is 0 Å². The van der Waals surface area contributed by atoms with Gasteiger partial charge in [0, 0.05) is 32.2 Å². The van der Waals surface area contributed by atoms with E-state index in [0.29, 0.717) is 12.6 Å². The molecule has 0 aromatic rings. The van der Waals surface area contributed by atoms with Crippen molar-refractivity contribution in [1.29, 1.82) is 0 Å². The summed E-state index contributed by atoms with van der Waals surface area (Å²) in [6.45, 7) is 13.4. The van der Waals surface area contributed by atoms with Gasteiger partial charge in [-0.3, -0.25) is 9.79 Å². The highest BCUT2D eigenvalue weighted by molar-refractivity contribution is 14.0. The SMILES string of the molecule is CCNC(=NCCCCN(C)C(C)C)N1CCC(C(=O)OCC)CC1.I. The summed E-state index contributed by atoms with van der Waals surface area (Å²) >= 11 is 0. The predicted octanol–water partition coefficient (Wildman–Crippen LogP) is 2.97. The van der Waals surface area contributed by atoms with Gasteiger partial charge in [-0.05, 0) is 67.0 Å². The van der Waals surface area contributed by atoms with E-state index >= 15 is 0 Å². The summed E-state index contributed by atoms with van der Waals surface area (Å²) in [5.74, 6) is 0.992. The topological polar surface area (TPSA) is 57.2 Å². The first-order chi connectivity index (χ1) is 12.0. The molecular weight excluding hydrogens is 443 g/mol. The number of hydrogen-bond acceptors (Lipinski definition) is 4. The van der Waals surface area contributed by atoms with Crippen molar-refractivity contribution in [2.45, 2.75) is 59.4 Å². The molecular formula is C19H39IN4O2. The molecule has 1 N–H and O–H groups in total. The Hall–Kier alpha value is -0.570. The molecule has 1 aliphatic heterocycles. The fourth-order valence-electron chi connectivity index (χ4n) is 2.93. The Balaban J connectivity index is 0.00000625. The van der Waals surface area contributed by atoms with Gasteiger partial charge in [-0.1, -0.05) is 0 Å². The molecule has 7 heteroatoms. The molecule has 0 spiro atoms. The quantitative estimate of drug-likeness (QED) is 0.180. The van der Waals surface area contributed by atoms with Crippen molar-refractivity contribution in [3.8, 4) is 0 Å². The van der Waals surface area contributed by atoms with E-state index < -0.39 is 0 Å². The van der Waals surface area contributed by atoms with Crippen LogP contribution in [0.5, 0.6) is 0 Å². The molecule has 0 radical (unpaired) electrons. The van der Waals surface area contributed by atoms with Crippen LogP contribution in [-0.2, 0) is 9.53 Å². The Kier molecular flexibility index (Phi) is 14.2. The number of guanidine groups is 1. The maximum Gasteiger partial charge on any atom is 0.309 e. The lowest BCUT2D eigenvalue weighted by molar-refractivity contribution is -0.149. The molecule has 0 bridgehead atoms. The van der Waals surface area contributed by atoms with Crippen molar-refractivity contribution in [2.24, 2.45) is 10.9 Å². The fraction of sp³-hybridized carbons (Fsp3) is 0.895. The number of piperidine rings is 1. The summed E-state index contributed by atoms with van der Waals surface area (Å²) in [5.41, 5.74) is 0. The third-order valence-corrected chi connectivity index (χ3v) is 4.81. The number of esters is 1. The molecule has 0 saturated carbocycles. The lowest BCUT2D eigenvalue weighted by atomic mass is 9.97. The number of carbonyl (C=O) groups excluding carboxylic acids is 1. The van der Waals surface area contributed by atoms with Gasteiger partial charge in [-0.15, -0.1) is 24.0 Å². The first-order valence-corrected chi connectivity index (χ1v) is 9.89. The van der Waals surface area contributed by atoms with E-state index in [2.05, 4.69) is 42.9 Å². The van der Waals surface area contributed by atoms with Crippen LogP contribution in [0.3, 0.4) is 0 Å². The second-order valence-corrected chi connectivity index (χ2v) is 7.03. The summed E-state index contributed by atoms with van der Waals surface area (Å²) in [6, 6.07) is 0.599. The standard InChI is InChI=1S/C19H38N4O2.HI/c1-6-20-19(21-12-8-9-13-22(5)16(3)4)23-14-10-17(11-15-23)18(24)25-7-2;/h16-17H,6-15H2,1-5H3,(H,20,21);1H. The smallest absolute Gasteiger partial charge is 0.309 e. The average Bonchev–Trinajstić information content (AvgIpc) is 2.60. The fourth-order valence-corrected chi connectivity index (χ4v) is 2.93. The highest BCUT2D eigenvalue weighted by Gasteiger charge is 2.27. The van der Waals surface area contributed by atoms with Crippen LogP contribution in [0.25, 0.3) is 0 Å². The Morgan fingerprint density at radius 3 is 2.46 bits per heavy atom. The molecule has 154 valence electrons. The maximum atomic E-state index is 11.9. The minimum atomic E-state index is -0.0432. The van der Waals surface area contributed by atoms with E-state index in [9.17, 15) is 4.79 Å². The zero-order valence-corrected chi connectivity index (χ0v) is 19.6. The highest BCUT2D eigenvalue weighted by Crippen LogP contribution is 2.18. The molecule has 26 heavy (non-hydrogen) atoms. The lowest BCUT2D eigenvalue weighted by Crippen LogP contribution is -2.46. The first kappa shape index (κ1) is 25.4. The predicted molar refractivity (Wildman–Crippen MR) is 119 cm³/mol. The average molecular weight is 482 g/mol. The molecule has 0 aromatic carbocycles. The van der Waals surface area contributed by atoms with E-state index in [1.54, 1.807) is 0 Å². The second-order valence-electron chi connectivity index (χ2n) is 7.03. The van der Waals surface area contributed by atoms with Crippen LogP contribution in [0.4, 0.5) is 0 Å². The zero-order chi connectivity index (χ0) is 18.7. The van der Waals surface area contributed by atoms with Crippen LogP contribution in [-0.4, -0.2) is 74.1 Å². The van der Waals surface area contributed by atoms with Crippen LogP contribution >= 0.6 is 24.0 Å². The number of ether oxygens (including phenoxy) is 1. The van der Waals surface area contributed by atoms with E-state index in [1.165, 1.54) is 6.42 Å². The van der Waals surface area contributed by atoms with E-state index in [-0.39, 0.29) is 35.9 Å². The van der Waals surface area contributed by atoms with Crippen LogP contribution in [0, 0.1) is 5.92 Å². The Morgan fingerprint density at radius 2 is 1.92 bits per heavy atom. The Morgan fingerprint density at radius 1 is 1.27 bits per heavy atom. The normalized spacial score (nSPS) is 16.0. The number of nitrogens with zero attached hydrogens (tertiary/aromatic N) is 3. The largest absolute Gasteiger partial charge is 0.466 e. The van der Waals surface area contributed by atoms with E-state index in [1.807, 2.05) is 6.92 Å². The first-order valence-electron chi connectivity index (χ1n) is 9.89. The number of likely N-dealkylation sites (tertiary alicyclic amines) is 1. The monoisotopic (exact) mass is 482 g/mol. The minimum absolute atomic E-state index is 0. The van der Waals surface area contributed by atoms with Crippen molar-refractivity contribution in [2.75, 3.05) is 46.4 Å². The minimum Gasteiger partial charge on any atom is -0.466 e. The van der Waals surface area contributed by atoms with Crippen molar-refractivity contribution < 1.29 is 9.53 Å². The Labute approximate surface area is 177 Å². The molecule has 1 fully saturated rings. The number of nitrogens with one attached hydrogen (secondary N) is 1. The molecule has 1 rings (SSSR count). The number of aliphatic imine (C=N–C) groups is 1. The van der Waals surface area contributed by atoms with Gasteiger partial charge >= 0.3 is 5.97 Å². The molecule has 0 unspecified atom stereocenters. The van der Waals surface area contributed by atoms with Crippen molar-refractivity contribution >= 4 is 35.9 Å². The third-order valence-electron chi connectivity index (χ3n) is 4.81. The van der Waals surface area contributed by atoms with Crippen molar-refractivity contribution in [3.05, 3.63) is 0 Å². The Bertz CT molecular complexity index is 410. The van der Waals surface area contributed by atoms with Gasteiger partial charge in [0.1, 0.15) is 0 Å². The molecule has 0 amide bonds. The van der Waals surface area contributed by atoms with Crippen LogP contribution < -0.4 is 5.32 Å². The summed E-state index contributed by atoms with van der Waals surface area (Å²) in [5, 5.41) is 3.39. The number of hydrogen-bond donors (Lipinski definition) is 1.